The minimum atomic E-state index is 0.258. The maximum atomic E-state index is 9.34. The number of hydrogen-bond donors (Lipinski definition) is 2. The largest absolute Gasteiger partial charge is 0.508 e. The lowest BCUT2D eigenvalue weighted by Gasteiger charge is -2.04. The zero-order valence-electron chi connectivity index (χ0n) is 11.6. The summed E-state index contributed by atoms with van der Waals surface area (Å²) in [6, 6.07) is 15.1. The van der Waals surface area contributed by atoms with Crippen LogP contribution in [-0.2, 0) is 0 Å². The third-order valence-corrected chi connectivity index (χ3v) is 4.06. The molecule has 21 heavy (non-hydrogen) atoms. The first-order chi connectivity index (χ1) is 10.3. The van der Waals surface area contributed by atoms with Crippen molar-refractivity contribution in [3.63, 3.8) is 0 Å². The molecule has 3 rings (SSSR count). The van der Waals surface area contributed by atoms with Gasteiger partial charge in [0.05, 0.1) is 15.9 Å². The fourth-order valence-corrected chi connectivity index (χ4v) is 2.85. The van der Waals surface area contributed by atoms with Crippen molar-refractivity contribution < 1.29 is 5.11 Å². The molecule has 3 aromatic rings. The third kappa shape index (κ3) is 3.03. The summed E-state index contributed by atoms with van der Waals surface area (Å²) in [4.78, 5) is 4.49. The number of benzene rings is 2. The molecule has 0 unspecified atom stereocenters. The molecule has 0 amide bonds. The van der Waals surface area contributed by atoms with Gasteiger partial charge >= 0.3 is 0 Å². The predicted octanol–water partition coefficient (Wildman–Crippen LogP) is 4.23. The Morgan fingerprint density at radius 1 is 1.19 bits per heavy atom. The standard InChI is InChI=1S/C16H15N3OS/c1-2-13(11-7-9-12(20)10-8-11)18-19-16-17-14-5-3-4-6-15(14)21-16/h3-10,20H,2H2,1H3,(H,17,19). The number of aromatic hydroxyl groups is 1. The van der Waals surface area contributed by atoms with Crippen molar-refractivity contribution in [3.05, 3.63) is 54.1 Å². The van der Waals surface area contributed by atoms with Crippen LogP contribution in [0.1, 0.15) is 18.9 Å². The van der Waals surface area contributed by atoms with E-state index in [1.54, 1.807) is 23.5 Å². The Bertz CT molecular complexity index is 745. The Balaban J connectivity index is 1.83. The highest BCUT2D eigenvalue weighted by atomic mass is 32.1. The Kier molecular flexibility index (Phi) is 3.83. The fourth-order valence-electron chi connectivity index (χ4n) is 2.04. The number of hydrazone groups is 1. The van der Waals surface area contributed by atoms with Crippen LogP contribution in [0, 0.1) is 0 Å². The highest BCUT2D eigenvalue weighted by Crippen LogP contribution is 2.25. The average molecular weight is 297 g/mol. The van der Waals surface area contributed by atoms with E-state index in [0.717, 1.165) is 33.0 Å². The van der Waals surface area contributed by atoms with E-state index in [9.17, 15) is 5.11 Å². The SMILES string of the molecule is CCC(=NNc1nc2ccccc2s1)c1ccc(O)cc1. The quantitative estimate of drug-likeness (QED) is 0.559. The van der Waals surface area contributed by atoms with Crippen LogP contribution < -0.4 is 5.43 Å². The first-order valence-corrected chi connectivity index (χ1v) is 7.55. The second kappa shape index (κ2) is 5.93. The van der Waals surface area contributed by atoms with Crippen LogP contribution in [0.3, 0.4) is 0 Å². The van der Waals surface area contributed by atoms with Gasteiger partial charge in [0.1, 0.15) is 5.75 Å². The summed E-state index contributed by atoms with van der Waals surface area (Å²) in [6.07, 6.45) is 0.794. The van der Waals surface area contributed by atoms with Gasteiger partial charge in [0.25, 0.3) is 0 Å². The second-order valence-electron chi connectivity index (χ2n) is 4.56. The van der Waals surface area contributed by atoms with E-state index in [1.807, 2.05) is 43.3 Å². The summed E-state index contributed by atoms with van der Waals surface area (Å²) in [6.45, 7) is 2.05. The number of nitrogens with zero attached hydrogens (tertiary/aromatic N) is 2. The van der Waals surface area contributed by atoms with Crippen molar-refractivity contribution in [2.45, 2.75) is 13.3 Å². The first-order valence-electron chi connectivity index (χ1n) is 6.74. The molecule has 0 radical (unpaired) electrons. The Morgan fingerprint density at radius 2 is 1.95 bits per heavy atom. The van der Waals surface area contributed by atoms with Crippen molar-refractivity contribution >= 4 is 32.4 Å². The monoisotopic (exact) mass is 297 g/mol. The molecule has 0 aliphatic rings. The maximum absolute atomic E-state index is 9.34. The number of nitrogens with one attached hydrogen (secondary N) is 1. The predicted molar refractivity (Wildman–Crippen MR) is 88.2 cm³/mol. The van der Waals surface area contributed by atoms with Crippen molar-refractivity contribution in [1.82, 2.24) is 4.98 Å². The third-order valence-electron chi connectivity index (χ3n) is 3.12. The number of aromatic nitrogens is 1. The van der Waals surface area contributed by atoms with Crippen LogP contribution in [0.4, 0.5) is 5.13 Å². The molecule has 5 heteroatoms. The van der Waals surface area contributed by atoms with Crippen molar-refractivity contribution in [2.75, 3.05) is 5.43 Å². The molecule has 2 aromatic carbocycles. The van der Waals surface area contributed by atoms with Crippen LogP contribution >= 0.6 is 11.3 Å². The van der Waals surface area contributed by atoms with Crippen LogP contribution in [0.15, 0.2) is 53.6 Å². The Morgan fingerprint density at radius 3 is 2.67 bits per heavy atom. The lowest BCUT2D eigenvalue weighted by molar-refractivity contribution is 0.475. The molecule has 0 fully saturated rings. The van der Waals surface area contributed by atoms with Gasteiger partial charge in [0.2, 0.25) is 5.13 Å². The molecule has 106 valence electrons. The molecule has 1 aromatic heterocycles. The van der Waals surface area contributed by atoms with Crippen LogP contribution in [0.2, 0.25) is 0 Å². The molecule has 0 saturated carbocycles. The molecular formula is C16H15N3OS. The number of anilines is 1. The van der Waals surface area contributed by atoms with Gasteiger partial charge in [-0.3, -0.25) is 5.43 Å². The summed E-state index contributed by atoms with van der Waals surface area (Å²) in [5.41, 5.74) is 5.92. The van der Waals surface area contributed by atoms with E-state index in [0.29, 0.717) is 0 Å². The van der Waals surface area contributed by atoms with E-state index in [4.69, 9.17) is 0 Å². The molecule has 1 heterocycles. The summed E-state index contributed by atoms with van der Waals surface area (Å²) in [5.74, 6) is 0.258. The van der Waals surface area contributed by atoms with Gasteiger partial charge in [0.15, 0.2) is 0 Å². The molecule has 2 N–H and O–H groups in total. The van der Waals surface area contributed by atoms with Gasteiger partial charge in [-0.05, 0) is 48.4 Å². The van der Waals surface area contributed by atoms with E-state index < -0.39 is 0 Å². The zero-order chi connectivity index (χ0) is 14.7. The summed E-state index contributed by atoms with van der Waals surface area (Å²) >= 11 is 1.58. The Labute approximate surface area is 126 Å². The van der Waals surface area contributed by atoms with E-state index in [-0.39, 0.29) is 5.75 Å². The topological polar surface area (TPSA) is 57.5 Å². The molecular weight excluding hydrogens is 282 g/mol. The number of phenolic OH excluding ortho intramolecular Hbond substituents is 1. The normalized spacial score (nSPS) is 11.8. The molecule has 0 bridgehead atoms. The van der Waals surface area contributed by atoms with Crippen LogP contribution in [0.25, 0.3) is 10.2 Å². The highest BCUT2D eigenvalue weighted by Gasteiger charge is 2.04. The first kappa shape index (κ1) is 13.6. The lowest BCUT2D eigenvalue weighted by Crippen LogP contribution is -2.02. The molecule has 0 saturated heterocycles. The highest BCUT2D eigenvalue weighted by molar-refractivity contribution is 7.22. The molecule has 4 nitrogen and oxygen atoms in total. The summed E-state index contributed by atoms with van der Waals surface area (Å²) < 4.78 is 1.14. The van der Waals surface area contributed by atoms with E-state index in [2.05, 4.69) is 15.5 Å². The molecule has 0 atom stereocenters. The van der Waals surface area contributed by atoms with E-state index >= 15 is 0 Å². The molecule has 0 spiro atoms. The smallest absolute Gasteiger partial charge is 0.204 e. The number of fused-ring (bicyclic) bond motifs is 1. The van der Waals surface area contributed by atoms with Crippen molar-refractivity contribution in [2.24, 2.45) is 5.10 Å². The maximum Gasteiger partial charge on any atom is 0.204 e. The average Bonchev–Trinajstić information content (AvgIpc) is 2.92. The van der Waals surface area contributed by atoms with Gasteiger partial charge in [-0.2, -0.15) is 5.10 Å². The number of thiazole rings is 1. The van der Waals surface area contributed by atoms with Gasteiger partial charge in [-0.15, -0.1) is 0 Å². The Hall–Kier alpha value is -2.40. The zero-order valence-corrected chi connectivity index (χ0v) is 12.4. The van der Waals surface area contributed by atoms with Crippen LogP contribution in [0.5, 0.6) is 5.75 Å². The van der Waals surface area contributed by atoms with Crippen LogP contribution in [-0.4, -0.2) is 15.8 Å². The minimum Gasteiger partial charge on any atom is -0.508 e. The minimum absolute atomic E-state index is 0.258. The molecule has 0 aliphatic carbocycles. The summed E-state index contributed by atoms with van der Waals surface area (Å²) in [7, 11) is 0. The van der Waals surface area contributed by atoms with Gasteiger partial charge in [0, 0.05) is 0 Å². The molecule has 0 aliphatic heterocycles. The van der Waals surface area contributed by atoms with Crippen molar-refractivity contribution in [3.8, 4) is 5.75 Å². The number of rotatable bonds is 4. The van der Waals surface area contributed by atoms with Gasteiger partial charge < -0.3 is 5.11 Å². The lowest BCUT2D eigenvalue weighted by atomic mass is 10.1. The number of phenols is 1. The van der Waals surface area contributed by atoms with Gasteiger partial charge in [-0.25, -0.2) is 4.98 Å². The number of para-hydroxylation sites is 1. The fraction of sp³-hybridized carbons (Fsp3) is 0.125. The second-order valence-corrected chi connectivity index (χ2v) is 5.59. The van der Waals surface area contributed by atoms with Gasteiger partial charge in [-0.1, -0.05) is 30.4 Å². The van der Waals surface area contributed by atoms with E-state index in [1.165, 1.54) is 0 Å². The number of hydrogen-bond acceptors (Lipinski definition) is 5. The van der Waals surface area contributed by atoms with Crippen molar-refractivity contribution in [1.29, 1.82) is 0 Å². The summed E-state index contributed by atoms with van der Waals surface area (Å²) in [5, 5.41) is 14.6.